The zero-order valence-corrected chi connectivity index (χ0v) is 16.7. The summed E-state index contributed by atoms with van der Waals surface area (Å²) in [6.07, 6.45) is 0.238. The lowest BCUT2D eigenvalue weighted by molar-refractivity contribution is -0.123. The van der Waals surface area contributed by atoms with E-state index in [9.17, 15) is 13.2 Å². The number of carbonyl (C=O) groups is 1. The molecule has 3 rings (SSSR count). The Morgan fingerprint density at radius 1 is 1.07 bits per heavy atom. The molecule has 2 aromatic carbocycles. The quantitative estimate of drug-likeness (QED) is 0.810. The number of benzene rings is 2. The van der Waals surface area contributed by atoms with Crippen LogP contribution in [0.5, 0.6) is 0 Å². The number of nitrogens with one attached hydrogen (secondary N) is 2. The van der Waals surface area contributed by atoms with E-state index >= 15 is 0 Å². The number of piperidine rings is 1. The Balaban J connectivity index is 1.84. The van der Waals surface area contributed by atoms with Crippen LogP contribution in [-0.4, -0.2) is 32.2 Å². The van der Waals surface area contributed by atoms with Crippen LogP contribution in [0.1, 0.15) is 37.3 Å². The molecule has 0 spiro atoms. The highest BCUT2D eigenvalue weighted by molar-refractivity contribution is 7.90. The van der Waals surface area contributed by atoms with E-state index in [1.54, 1.807) is 26.0 Å². The van der Waals surface area contributed by atoms with E-state index in [0.29, 0.717) is 5.56 Å². The summed E-state index contributed by atoms with van der Waals surface area (Å²) in [5.41, 5.74) is 3.51. The van der Waals surface area contributed by atoms with Crippen molar-refractivity contribution in [2.45, 2.75) is 37.5 Å². The molecule has 1 aliphatic rings. The standard InChI is InChI=1S/C21H23N3O3S/c1-14(2)28(26,27)24-20-13-23-21(25)11-19(20)18-9-7-17(8-10-18)16-5-3-15(12-22)4-6-16/h3-10,14,19-20,24H,11,13H2,1-2H3,(H,23,25). The van der Waals surface area contributed by atoms with E-state index < -0.39 is 15.3 Å². The van der Waals surface area contributed by atoms with Gasteiger partial charge in [0.25, 0.3) is 0 Å². The number of carbonyl (C=O) groups excluding carboxylic acids is 1. The summed E-state index contributed by atoms with van der Waals surface area (Å²) in [6, 6.07) is 16.8. The molecule has 1 saturated heterocycles. The Kier molecular flexibility index (Phi) is 5.82. The average molecular weight is 398 g/mol. The normalized spacial score (nSPS) is 19.9. The maximum atomic E-state index is 12.3. The van der Waals surface area contributed by atoms with E-state index in [2.05, 4.69) is 16.1 Å². The predicted molar refractivity (Wildman–Crippen MR) is 108 cm³/mol. The highest BCUT2D eigenvalue weighted by Gasteiger charge is 2.33. The van der Waals surface area contributed by atoms with Gasteiger partial charge in [-0.3, -0.25) is 4.79 Å². The highest BCUT2D eigenvalue weighted by atomic mass is 32.2. The molecule has 2 unspecified atom stereocenters. The van der Waals surface area contributed by atoms with Crippen molar-refractivity contribution in [1.82, 2.24) is 10.0 Å². The summed E-state index contributed by atoms with van der Waals surface area (Å²) in [7, 11) is -3.44. The van der Waals surface area contributed by atoms with Gasteiger partial charge in [0.05, 0.1) is 16.9 Å². The second-order valence-corrected chi connectivity index (χ2v) is 9.51. The number of nitrogens with zero attached hydrogens (tertiary/aromatic N) is 1. The molecule has 1 fully saturated rings. The molecule has 2 aromatic rings. The summed E-state index contributed by atoms with van der Waals surface area (Å²) < 4.78 is 27.4. The Morgan fingerprint density at radius 3 is 2.18 bits per heavy atom. The Morgan fingerprint density at radius 2 is 1.64 bits per heavy atom. The van der Waals surface area contributed by atoms with Gasteiger partial charge in [-0.1, -0.05) is 36.4 Å². The molecule has 2 atom stereocenters. The number of rotatable bonds is 5. The molecule has 0 saturated carbocycles. The first-order valence-electron chi connectivity index (χ1n) is 9.18. The predicted octanol–water partition coefficient (Wildman–Crippen LogP) is 2.53. The fourth-order valence-electron chi connectivity index (χ4n) is 3.26. The number of nitriles is 1. The molecule has 146 valence electrons. The molecule has 0 aliphatic carbocycles. The van der Waals surface area contributed by atoms with Gasteiger partial charge in [0, 0.05) is 24.9 Å². The molecule has 0 radical (unpaired) electrons. The minimum atomic E-state index is -3.44. The molecule has 1 aliphatic heterocycles. The molecular weight excluding hydrogens is 374 g/mol. The summed E-state index contributed by atoms with van der Waals surface area (Å²) >= 11 is 0. The van der Waals surface area contributed by atoms with Crippen LogP contribution in [0.25, 0.3) is 11.1 Å². The molecule has 1 heterocycles. The maximum absolute atomic E-state index is 12.3. The zero-order chi connectivity index (χ0) is 20.3. The van der Waals surface area contributed by atoms with E-state index in [0.717, 1.165) is 16.7 Å². The monoisotopic (exact) mass is 397 g/mol. The van der Waals surface area contributed by atoms with Gasteiger partial charge in [-0.2, -0.15) is 5.26 Å². The molecule has 0 bridgehead atoms. The van der Waals surface area contributed by atoms with Gasteiger partial charge in [0.2, 0.25) is 15.9 Å². The Hall–Kier alpha value is -2.69. The number of hydrogen-bond donors (Lipinski definition) is 2. The fourth-order valence-corrected chi connectivity index (χ4v) is 4.20. The largest absolute Gasteiger partial charge is 0.354 e. The Bertz CT molecular complexity index is 991. The van der Waals surface area contributed by atoms with Crippen LogP contribution in [-0.2, 0) is 14.8 Å². The highest BCUT2D eigenvalue weighted by Crippen LogP contribution is 2.29. The summed E-state index contributed by atoms with van der Waals surface area (Å²) in [5, 5.41) is 11.1. The number of amides is 1. The van der Waals surface area contributed by atoms with Crippen LogP contribution in [0.2, 0.25) is 0 Å². The fraction of sp³-hybridized carbons (Fsp3) is 0.333. The summed E-state index contributed by atoms with van der Waals surface area (Å²) in [6.45, 7) is 3.53. The van der Waals surface area contributed by atoms with Gasteiger partial charge >= 0.3 is 0 Å². The van der Waals surface area contributed by atoms with E-state index in [4.69, 9.17) is 5.26 Å². The number of hydrogen-bond acceptors (Lipinski definition) is 4. The molecule has 2 N–H and O–H groups in total. The third-order valence-electron chi connectivity index (χ3n) is 5.03. The topological polar surface area (TPSA) is 99.1 Å². The van der Waals surface area contributed by atoms with Crippen LogP contribution in [0, 0.1) is 11.3 Å². The second-order valence-electron chi connectivity index (χ2n) is 7.24. The van der Waals surface area contributed by atoms with Crippen molar-refractivity contribution < 1.29 is 13.2 Å². The SMILES string of the molecule is CC(C)S(=O)(=O)NC1CNC(=O)CC1c1ccc(-c2ccc(C#N)cc2)cc1. The van der Waals surface area contributed by atoms with Gasteiger partial charge in [-0.05, 0) is 42.7 Å². The minimum Gasteiger partial charge on any atom is -0.354 e. The zero-order valence-electron chi connectivity index (χ0n) is 15.8. The third-order valence-corrected chi connectivity index (χ3v) is 6.91. The molecule has 28 heavy (non-hydrogen) atoms. The lowest BCUT2D eigenvalue weighted by Gasteiger charge is -2.33. The number of sulfonamides is 1. The first kappa shape index (κ1) is 20.1. The second kappa shape index (κ2) is 8.13. The Labute approximate surface area is 165 Å². The first-order chi connectivity index (χ1) is 13.3. The van der Waals surface area contributed by atoms with Gasteiger partial charge in [0.15, 0.2) is 0 Å². The molecule has 7 heteroatoms. The first-order valence-corrected chi connectivity index (χ1v) is 10.7. The lowest BCUT2D eigenvalue weighted by Crippen LogP contribution is -2.53. The molecular formula is C21H23N3O3S. The average Bonchev–Trinajstić information content (AvgIpc) is 2.69. The van der Waals surface area contributed by atoms with Crippen LogP contribution in [0.3, 0.4) is 0 Å². The summed E-state index contributed by atoms with van der Waals surface area (Å²) in [5.74, 6) is -0.307. The van der Waals surface area contributed by atoms with Gasteiger partial charge in [-0.25, -0.2) is 13.1 Å². The van der Waals surface area contributed by atoms with Crippen LogP contribution in [0.4, 0.5) is 0 Å². The minimum absolute atomic E-state index is 0.0823. The van der Waals surface area contributed by atoms with Gasteiger partial charge in [-0.15, -0.1) is 0 Å². The maximum Gasteiger partial charge on any atom is 0.220 e. The van der Waals surface area contributed by atoms with E-state index in [1.165, 1.54) is 0 Å². The lowest BCUT2D eigenvalue weighted by atomic mass is 9.85. The molecule has 1 amide bonds. The van der Waals surface area contributed by atoms with Crippen LogP contribution < -0.4 is 10.0 Å². The third kappa shape index (κ3) is 4.41. The van der Waals surface area contributed by atoms with Crippen LogP contribution >= 0.6 is 0 Å². The molecule has 6 nitrogen and oxygen atoms in total. The van der Waals surface area contributed by atoms with Gasteiger partial charge in [0.1, 0.15) is 0 Å². The van der Waals surface area contributed by atoms with Crippen molar-refractivity contribution in [3.05, 3.63) is 59.7 Å². The van der Waals surface area contributed by atoms with Crippen molar-refractivity contribution in [2.24, 2.45) is 0 Å². The van der Waals surface area contributed by atoms with E-state index in [1.807, 2.05) is 36.4 Å². The van der Waals surface area contributed by atoms with Crippen molar-refractivity contribution in [3.8, 4) is 17.2 Å². The molecule has 0 aromatic heterocycles. The smallest absolute Gasteiger partial charge is 0.220 e. The van der Waals surface area contributed by atoms with E-state index in [-0.39, 0.29) is 30.8 Å². The van der Waals surface area contributed by atoms with Gasteiger partial charge < -0.3 is 5.32 Å². The van der Waals surface area contributed by atoms with Crippen molar-refractivity contribution in [1.29, 1.82) is 5.26 Å². The van der Waals surface area contributed by atoms with Crippen molar-refractivity contribution in [2.75, 3.05) is 6.54 Å². The van der Waals surface area contributed by atoms with Crippen molar-refractivity contribution in [3.63, 3.8) is 0 Å². The van der Waals surface area contributed by atoms with Crippen LogP contribution in [0.15, 0.2) is 48.5 Å². The summed E-state index contributed by atoms with van der Waals surface area (Å²) in [4.78, 5) is 11.9. The van der Waals surface area contributed by atoms with Crippen molar-refractivity contribution >= 4 is 15.9 Å².